The van der Waals surface area contributed by atoms with Crippen LogP contribution in [0.15, 0.2) is 34.2 Å². The number of hydrogen-bond donors (Lipinski definition) is 1. The van der Waals surface area contributed by atoms with Crippen molar-refractivity contribution in [2.24, 2.45) is 11.7 Å². The molecular weight excluding hydrogens is 338 g/mol. The fourth-order valence-corrected chi connectivity index (χ4v) is 3.55. The molecule has 2 N–H and O–H groups in total. The summed E-state index contributed by atoms with van der Waals surface area (Å²) in [5, 5.41) is 9.77. The molecule has 7 nitrogen and oxygen atoms in total. The molecule has 0 aliphatic rings. The normalized spacial score (nSPS) is 11.6. The van der Waals surface area contributed by atoms with Gasteiger partial charge in [0.05, 0.1) is 10.9 Å². The summed E-state index contributed by atoms with van der Waals surface area (Å²) in [7, 11) is 0. The predicted molar refractivity (Wildman–Crippen MR) is 98.7 cm³/mol. The second-order valence-corrected chi connectivity index (χ2v) is 7.40. The summed E-state index contributed by atoms with van der Waals surface area (Å²) in [6.45, 7) is 4.84. The van der Waals surface area contributed by atoms with Gasteiger partial charge < -0.3 is 5.73 Å². The Hall–Kier alpha value is -2.35. The van der Waals surface area contributed by atoms with E-state index in [0.717, 1.165) is 11.9 Å². The first-order chi connectivity index (χ1) is 12.0. The molecule has 132 valence electrons. The number of hydrogen-bond acceptors (Lipinski definition) is 5. The van der Waals surface area contributed by atoms with Gasteiger partial charge in [-0.15, -0.1) is 10.2 Å². The van der Waals surface area contributed by atoms with E-state index in [0.29, 0.717) is 34.5 Å². The largest absolute Gasteiger partial charge is 0.370 e. The monoisotopic (exact) mass is 359 g/mol. The number of carbonyl (C=O) groups is 1. The zero-order valence-corrected chi connectivity index (χ0v) is 15.1. The van der Waals surface area contributed by atoms with E-state index in [4.69, 9.17) is 5.73 Å². The average Bonchev–Trinajstić information content (AvgIpc) is 2.98. The lowest BCUT2D eigenvalue weighted by molar-refractivity contribution is -0.117. The summed E-state index contributed by atoms with van der Waals surface area (Å²) >= 11 is 1.41. The van der Waals surface area contributed by atoms with E-state index in [2.05, 4.69) is 24.0 Å². The quantitative estimate of drug-likeness (QED) is 0.652. The van der Waals surface area contributed by atoms with Crippen molar-refractivity contribution in [3.63, 3.8) is 0 Å². The van der Waals surface area contributed by atoms with Crippen LogP contribution in [0.1, 0.15) is 26.7 Å². The Bertz CT molecular complexity index is 976. The molecule has 25 heavy (non-hydrogen) atoms. The topological polar surface area (TPSA) is 95.3 Å². The molecular formula is C17H21N5O2S. The molecule has 2 heterocycles. The van der Waals surface area contributed by atoms with Gasteiger partial charge in [0.15, 0.2) is 5.16 Å². The highest BCUT2D eigenvalue weighted by Gasteiger charge is 2.16. The van der Waals surface area contributed by atoms with Gasteiger partial charge in [-0.05, 0) is 24.5 Å². The molecule has 8 heteroatoms. The van der Waals surface area contributed by atoms with Crippen LogP contribution < -0.4 is 11.3 Å². The SMILES string of the molecule is CC(C)CCn1c(=O)c2ccccc2n2c(SCCC(N)=O)nnc12. The molecule has 1 aromatic carbocycles. The second kappa shape index (κ2) is 7.26. The molecule has 2 aromatic heterocycles. The third-order valence-electron chi connectivity index (χ3n) is 3.99. The van der Waals surface area contributed by atoms with Crippen LogP contribution >= 0.6 is 11.8 Å². The molecule has 0 saturated heterocycles. The maximum Gasteiger partial charge on any atom is 0.262 e. The maximum atomic E-state index is 12.9. The van der Waals surface area contributed by atoms with Crippen LogP contribution in [0.4, 0.5) is 0 Å². The number of thioether (sulfide) groups is 1. The van der Waals surface area contributed by atoms with Crippen LogP contribution in [0.5, 0.6) is 0 Å². The standard InChI is InChI=1S/C17H21N5O2S/c1-11(2)7-9-21-15(24)12-5-3-4-6-13(12)22-16(21)19-20-17(22)25-10-8-14(18)23/h3-6,11H,7-10H2,1-2H3,(H2,18,23). The van der Waals surface area contributed by atoms with Gasteiger partial charge in [-0.25, -0.2) is 0 Å². The minimum atomic E-state index is -0.347. The molecule has 3 rings (SSSR count). The molecule has 0 atom stereocenters. The van der Waals surface area contributed by atoms with Gasteiger partial charge >= 0.3 is 0 Å². The number of rotatable bonds is 7. The Morgan fingerprint density at radius 3 is 2.76 bits per heavy atom. The lowest BCUT2D eigenvalue weighted by atomic mass is 10.1. The summed E-state index contributed by atoms with van der Waals surface area (Å²) in [4.78, 5) is 23.9. The molecule has 0 spiro atoms. The maximum absolute atomic E-state index is 12.9. The number of fused-ring (bicyclic) bond motifs is 3. The van der Waals surface area contributed by atoms with Crippen LogP contribution in [-0.4, -0.2) is 30.8 Å². The number of primary amides is 1. The van der Waals surface area contributed by atoms with Crippen molar-refractivity contribution in [1.29, 1.82) is 0 Å². The first-order valence-electron chi connectivity index (χ1n) is 8.27. The Balaban J connectivity index is 2.15. The number of aromatic nitrogens is 4. The first kappa shape index (κ1) is 17.5. The fourth-order valence-electron chi connectivity index (χ4n) is 2.66. The number of aryl methyl sites for hydroxylation is 1. The van der Waals surface area contributed by atoms with Crippen molar-refractivity contribution in [3.8, 4) is 0 Å². The number of para-hydroxylation sites is 1. The number of nitrogens with two attached hydrogens (primary N) is 1. The molecule has 0 bridgehead atoms. The zero-order valence-electron chi connectivity index (χ0n) is 14.3. The molecule has 0 aliphatic carbocycles. The van der Waals surface area contributed by atoms with Gasteiger partial charge in [0, 0.05) is 18.7 Å². The van der Waals surface area contributed by atoms with Crippen LogP contribution in [0.3, 0.4) is 0 Å². The van der Waals surface area contributed by atoms with Gasteiger partial charge in [0.1, 0.15) is 0 Å². The molecule has 0 saturated carbocycles. The predicted octanol–water partition coefficient (Wildman–Crippen LogP) is 2.06. The van der Waals surface area contributed by atoms with Gasteiger partial charge in [-0.3, -0.25) is 18.6 Å². The Kier molecular flexibility index (Phi) is 5.08. The van der Waals surface area contributed by atoms with Crippen molar-refractivity contribution in [3.05, 3.63) is 34.6 Å². The van der Waals surface area contributed by atoms with Crippen molar-refractivity contribution < 1.29 is 4.79 Å². The van der Waals surface area contributed by atoms with E-state index < -0.39 is 0 Å². The minimum absolute atomic E-state index is 0.0511. The highest BCUT2D eigenvalue weighted by Crippen LogP contribution is 2.22. The van der Waals surface area contributed by atoms with E-state index in [1.54, 1.807) is 4.57 Å². The van der Waals surface area contributed by atoms with Crippen molar-refractivity contribution in [2.45, 2.75) is 38.4 Å². The van der Waals surface area contributed by atoms with Crippen LogP contribution in [0, 0.1) is 5.92 Å². The molecule has 0 radical (unpaired) electrons. The Morgan fingerprint density at radius 2 is 2.04 bits per heavy atom. The summed E-state index contributed by atoms with van der Waals surface area (Å²) < 4.78 is 3.58. The Morgan fingerprint density at radius 1 is 1.28 bits per heavy atom. The summed E-state index contributed by atoms with van der Waals surface area (Å²) in [6.07, 6.45) is 1.15. The minimum Gasteiger partial charge on any atom is -0.370 e. The van der Waals surface area contributed by atoms with E-state index >= 15 is 0 Å². The first-order valence-corrected chi connectivity index (χ1v) is 9.25. The van der Waals surface area contributed by atoms with Gasteiger partial charge in [0.2, 0.25) is 11.7 Å². The number of nitrogens with zero attached hydrogens (tertiary/aromatic N) is 4. The van der Waals surface area contributed by atoms with Gasteiger partial charge in [-0.2, -0.15) is 0 Å². The van der Waals surface area contributed by atoms with Crippen LogP contribution in [-0.2, 0) is 11.3 Å². The number of carbonyl (C=O) groups excluding carboxylic acids is 1. The summed E-state index contributed by atoms with van der Waals surface area (Å²) in [6, 6.07) is 7.45. The number of amides is 1. The highest BCUT2D eigenvalue weighted by atomic mass is 32.2. The van der Waals surface area contributed by atoms with Crippen molar-refractivity contribution in [1.82, 2.24) is 19.2 Å². The van der Waals surface area contributed by atoms with Gasteiger partial charge in [-0.1, -0.05) is 37.7 Å². The second-order valence-electron chi connectivity index (χ2n) is 6.34. The van der Waals surface area contributed by atoms with E-state index in [1.165, 1.54) is 11.8 Å². The fraction of sp³-hybridized carbons (Fsp3) is 0.412. The average molecular weight is 359 g/mol. The van der Waals surface area contributed by atoms with Crippen LogP contribution in [0.2, 0.25) is 0 Å². The van der Waals surface area contributed by atoms with Gasteiger partial charge in [0.25, 0.3) is 5.56 Å². The molecule has 3 aromatic rings. The number of benzene rings is 1. The van der Waals surface area contributed by atoms with E-state index in [-0.39, 0.29) is 17.9 Å². The van der Waals surface area contributed by atoms with Crippen LogP contribution in [0.25, 0.3) is 16.7 Å². The Labute approximate surface area is 149 Å². The third kappa shape index (κ3) is 3.53. The van der Waals surface area contributed by atoms with E-state index in [9.17, 15) is 9.59 Å². The molecule has 0 fully saturated rings. The van der Waals surface area contributed by atoms with E-state index in [1.807, 2.05) is 28.7 Å². The summed E-state index contributed by atoms with van der Waals surface area (Å²) in [5.41, 5.74) is 5.93. The summed E-state index contributed by atoms with van der Waals surface area (Å²) in [5.74, 6) is 1.19. The molecule has 0 unspecified atom stereocenters. The molecule has 1 amide bonds. The van der Waals surface area contributed by atoms with Crippen molar-refractivity contribution >= 4 is 34.3 Å². The molecule has 0 aliphatic heterocycles. The zero-order chi connectivity index (χ0) is 18.0. The smallest absolute Gasteiger partial charge is 0.262 e. The lowest BCUT2D eigenvalue weighted by Gasteiger charge is -2.12. The van der Waals surface area contributed by atoms with Crippen molar-refractivity contribution in [2.75, 3.05) is 5.75 Å². The highest BCUT2D eigenvalue weighted by molar-refractivity contribution is 7.99. The third-order valence-corrected chi connectivity index (χ3v) is 4.92. The lowest BCUT2D eigenvalue weighted by Crippen LogP contribution is -2.24.